The zero-order chi connectivity index (χ0) is 14.9. The molecule has 1 aliphatic carbocycles. The summed E-state index contributed by atoms with van der Waals surface area (Å²) in [5.74, 6) is -0.435. The van der Waals surface area contributed by atoms with Crippen molar-refractivity contribution >= 4 is 10.0 Å². The van der Waals surface area contributed by atoms with Crippen molar-refractivity contribution in [3.8, 4) is 0 Å². The van der Waals surface area contributed by atoms with Gasteiger partial charge in [0.1, 0.15) is 5.82 Å². The van der Waals surface area contributed by atoms with Crippen molar-refractivity contribution in [3.05, 3.63) is 66.0 Å². The molecule has 0 atom stereocenters. The molecule has 0 radical (unpaired) electrons. The molecule has 1 saturated carbocycles. The van der Waals surface area contributed by atoms with Crippen molar-refractivity contribution in [3.63, 3.8) is 0 Å². The van der Waals surface area contributed by atoms with Crippen molar-refractivity contribution in [1.82, 2.24) is 4.31 Å². The second-order valence-corrected chi connectivity index (χ2v) is 7.11. The number of hydrogen-bond donors (Lipinski definition) is 0. The van der Waals surface area contributed by atoms with Gasteiger partial charge in [-0.2, -0.15) is 4.31 Å². The van der Waals surface area contributed by atoms with Crippen LogP contribution in [0.3, 0.4) is 0 Å². The Kier molecular flexibility index (Phi) is 3.78. The molecular formula is C16H16FNO2S. The topological polar surface area (TPSA) is 37.4 Å². The Bertz CT molecular complexity index is 710. The maximum atomic E-state index is 13.0. The van der Waals surface area contributed by atoms with Crippen molar-refractivity contribution < 1.29 is 12.8 Å². The Morgan fingerprint density at radius 3 is 2.19 bits per heavy atom. The highest BCUT2D eigenvalue weighted by molar-refractivity contribution is 7.89. The lowest BCUT2D eigenvalue weighted by Gasteiger charge is -2.22. The summed E-state index contributed by atoms with van der Waals surface area (Å²) in [6.07, 6.45) is 1.76. The molecule has 0 saturated heterocycles. The summed E-state index contributed by atoms with van der Waals surface area (Å²) in [5, 5.41) is 0. The Labute approximate surface area is 124 Å². The van der Waals surface area contributed by atoms with E-state index in [0.717, 1.165) is 18.4 Å². The van der Waals surface area contributed by atoms with Crippen LogP contribution in [0.5, 0.6) is 0 Å². The molecule has 3 rings (SSSR count). The van der Waals surface area contributed by atoms with Gasteiger partial charge in [0.05, 0.1) is 4.90 Å². The van der Waals surface area contributed by atoms with Crippen molar-refractivity contribution in [2.75, 3.05) is 0 Å². The van der Waals surface area contributed by atoms with Gasteiger partial charge in [-0.05, 0) is 42.7 Å². The molecule has 0 heterocycles. The molecule has 110 valence electrons. The van der Waals surface area contributed by atoms with Crippen LogP contribution in [-0.4, -0.2) is 18.8 Å². The quantitative estimate of drug-likeness (QED) is 0.851. The Hall–Kier alpha value is -1.72. The third kappa shape index (κ3) is 3.14. The molecule has 0 unspecified atom stereocenters. The number of halogens is 1. The van der Waals surface area contributed by atoms with Gasteiger partial charge >= 0.3 is 0 Å². The first-order valence-corrected chi connectivity index (χ1v) is 8.33. The zero-order valence-electron chi connectivity index (χ0n) is 11.4. The van der Waals surface area contributed by atoms with Crippen LogP contribution in [0.2, 0.25) is 0 Å². The van der Waals surface area contributed by atoms with Gasteiger partial charge in [-0.25, -0.2) is 12.8 Å². The second kappa shape index (κ2) is 5.58. The molecule has 0 bridgehead atoms. The summed E-state index contributed by atoms with van der Waals surface area (Å²) in [4.78, 5) is 0.145. The average Bonchev–Trinajstić information content (AvgIpc) is 3.31. The van der Waals surface area contributed by atoms with Crippen LogP contribution in [0.25, 0.3) is 0 Å². The third-order valence-corrected chi connectivity index (χ3v) is 5.47. The van der Waals surface area contributed by atoms with Crippen LogP contribution < -0.4 is 0 Å². The minimum absolute atomic E-state index is 0.0558. The number of rotatable bonds is 5. The number of hydrogen-bond acceptors (Lipinski definition) is 2. The normalized spacial score (nSPS) is 15.3. The van der Waals surface area contributed by atoms with Gasteiger partial charge in [-0.1, -0.05) is 30.3 Å². The highest BCUT2D eigenvalue weighted by atomic mass is 32.2. The molecule has 0 amide bonds. The summed E-state index contributed by atoms with van der Waals surface area (Å²) in [7, 11) is -3.59. The van der Waals surface area contributed by atoms with Crippen molar-refractivity contribution in [1.29, 1.82) is 0 Å². The predicted molar refractivity (Wildman–Crippen MR) is 78.6 cm³/mol. The molecule has 1 aliphatic rings. The maximum absolute atomic E-state index is 13.0. The van der Waals surface area contributed by atoms with Gasteiger partial charge in [0, 0.05) is 12.6 Å². The first-order valence-electron chi connectivity index (χ1n) is 6.89. The van der Waals surface area contributed by atoms with Gasteiger partial charge in [-0.3, -0.25) is 0 Å². The molecular weight excluding hydrogens is 289 g/mol. The lowest BCUT2D eigenvalue weighted by molar-refractivity contribution is 0.398. The Morgan fingerprint density at radius 2 is 1.62 bits per heavy atom. The first kappa shape index (κ1) is 14.2. The van der Waals surface area contributed by atoms with E-state index < -0.39 is 15.8 Å². The standard InChI is InChI=1S/C16H16FNO2S/c17-14-6-10-16(11-7-14)21(19,20)18(15-8-9-15)12-13-4-2-1-3-5-13/h1-7,10-11,15H,8-9,12H2. The van der Waals surface area contributed by atoms with E-state index >= 15 is 0 Å². The van der Waals surface area contributed by atoms with Crippen LogP contribution in [-0.2, 0) is 16.6 Å². The Morgan fingerprint density at radius 1 is 1.00 bits per heavy atom. The lowest BCUT2D eigenvalue weighted by Crippen LogP contribution is -2.32. The van der Waals surface area contributed by atoms with E-state index in [1.807, 2.05) is 30.3 Å². The van der Waals surface area contributed by atoms with Gasteiger partial charge in [0.15, 0.2) is 0 Å². The van der Waals surface area contributed by atoms with E-state index in [4.69, 9.17) is 0 Å². The summed E-state index contributed by atoms with van der Waals surface area (Å²) >= 11 is 0. The first-order chi connectivity index (χ1) is 10.1. The fraction of sp³-hybridized carbons (Fsp3) is 0.250. The second-order valence-electron chi connectivity index (χ2n) is 5.22. The van der Waals surface area contributed by atoms with Gasteiger partial charge in [-0.15, -0.1) is 0 Å². The molecule has 0 aliphatic heterocycles. The summed E-state index contributed by atoms with van der Waals surface area (Å²) in [6, 6.07) is 14.6. The average molecular weight is 305 g/mol. The minimum atomic E-state index is -3.59. The van der Waals surface area contributed by atoms with Crippen LogP contribution in [0.15, 0.2) is 59.5 Å². The summed E-state index contributed by atoms with van der Waals surface area (Å²) < 4.78 is 40.0. The van der Waals surface area contributed by atoms with E-state index in [9.17, 15) is 12.8 Å². The van der Waals surface area contributed by atoms with Crippen LogP contribution in [0.1, 0.15) is 18.4 Å². The Balaban J connectivity index is 1.91. The molecule has 21 heavy (non-hydrogen) atoms. The van der Waals surface area contributed by atoms with Crippen LogP contribution in [0, 0.1) is 5.82 Å². The van der Waals surface area contributed by atoms with Crippen molar-refractivity contribution in [2.45, 2.75) is 30.3 Å². The van der Waals surface area contributed by atoms with Gasteiger partial charge < -0.3 is 0 Å². The largest absolute Gasteiger partial charge is 0.243 e. The highest BCUT2D eigenvalue weighted by Gasteiger charge is 2.37. The highest BCUT2D eigenvalue weighted by Crippen LogP contribution is 2.33. The molecule has 0 spiro atoms. The third-order valence-electron chi connectivity index (χ3n) is 3.56. The van der Waals surface area contributed by atoms with Gasteiger partial charge in [0.25, 0.3) is 0 Å². The number of benzene rings is 2. The van der Waals surface area contributed by atoms with Crippen LogP contribution >= 0.6 is 0 Å². The maximum Gasteiger partial charge on any atom is 0.243 e. The zero-order valence-corrected chi connectivity index (χ0v) is 12.3. The SMILES string of the molecule is O=S(=O)(c1ccc(F)cc1)N(Cc1ccccc1)C1CC1. The van der Waals surface area contributed by atoms with Crippen molar-refractivity contribution in [2.24, 2.45) is 0 Å². The van der Waals surface area contributed by atoms with E-state index in [1.54, 1.807) is 0 Å². The fourth-order valence-corrected chi connectivity index (χ4v) is 3.95. The molecule has 1 fully saturated rings. The van der Waals surface area contributed by atoms with E-state index in [-0.39, 0.29) is 10.9 Å². The molecule has 2 aromatic rings. The summed E-state index contributed by atoms with van der Waals surface area (Å²) in [6.45, 7) is 0.352. The molecule has 2 aromatic carbocycles. The smallest absolute Gasteiger partial charge is 0.207 e. The molecule has 0 aromatic heterocycles. The van der Waals surface area contributed by atoms with E-state index in [1.165, 1.54) is 28.6 Å². The van der Waals surface area contributed by atoms with Crippen LogP contribution in [0.4, 0.5) is 4.39 Å². The fourth-order valence-electron chi connectivity index (χ4n) is 2.28. The predicted octanol–water partition coefficient (Wildman–Crippen LogP) is 3.18. The van der Waals surface area contributed by atoms with E-state index in [0.29, 0.717) is 6.54 Å². The molecule has 0 N–H and O–H groups in total. The molecule has 3 nitrogen and oxygen atoms in total. The number of nitrogens with zero attached hydrogens (tertiary/aromatic N) is 1. The number of sulfonamides is 1. The van der Waals surface area contributed by atoms with Gasteiger partial charge in [0.2, 0.25) is 10.0 Å². The summed E-state index contributed by atoms with van der Waals surface area (Å²) in [5.41, 5.74) is 0.954. The monoisotopic (exact) mass is 305 g/mol. The lowest BCUT2D eigenvalue weighted by atomic mass is 10.2. The molecule has 5 heteroatoms. The van der Waals surface area contributed by atoms with E-state index in [2.05, 4.69) is 0 Å². The minimum Gasteiger partial charge on any atom is -0.207 e.